The second-order valence-electron chi connectivity index (χ2n) is 2.08. The highest BCUT2D eigenvalue weighted by atomic mass is 16.6. The normalized spacial score (nSPS) is 32.1. The molecule has 0 radical (unpaired) electrons. The summed E-state index contributed by atoms with van der Waals surface area (Å²) in [5.41, 5.74) is 4.71. The van der Waals surface area contributed by atoms with Crippen molar-refractivity contribution in [2.45, 2.75) is 12.2 Å². The van der Waals surface area contributed by atoms with Crippen molar-refractivity contribution >= 4 is 6.09 Å². The van der Waals surface area contributed by atoms with Gasteiger partial charge in [-0.05, 0) is 0 Å². The molecule has 0 unspecified atom stereocenters. The predicted molar refractivity (Wildman–Crippen MR) is 31.3 cm³/mol. The highest BCUT2D eigenvalue weighted by Crippen LogP contribution is 2.08. The van der Waals surface area contributed by atoms with Gasteiger partial charge < -0.3 is 20.3 Å². The average molecular weight is 147 g/mol. The maximum Gasteiger partial charge on any atom is 0.404 e. The molecule has 1 fully saturated rings. The highest BCUT2D eigenvalue weighted by Gasteiger charge is 2.28. The van der Waals surface area contributed by atoms with Crippen LogP contribution in [-0.4, -0.2) is 36.6 Å². The Kier molecular flexibility index (Phi) is 2.08. The van der Waals surface area contributed by atoms with Gasteiger partial charge in [0.1, 0.15) is 6.10 Å². The number of aliphatic hydroxyl groups excluding tert-OH is 1. The Labute approximate surface area is 57.7 Å². The number of carbonyl (C=O) groups excluding carboxylic acids is 1. The van der Waals surface area contributed by atoms with E-state index < -0.39 is 18.3 Å². The quantitative estimate of drug-likeness (QED) is 0.490. The fourth-order valence-electron chi connectivity index (χ4n) is 0.785. The summed E-state index contributed by atoms with van der Waals surface area (Å²) in [7, 11) is 0. The second kappa shape index (κ2) is 2.85. The minimum Gasteiger partial charge on any atom is -0.441 e. The van der Waals surface area contributed by atoms with E-state index in [0.29, 0.717) is 0 Å². The van der Waals surface area contributed by atoms with Crippen molar-refractivity contribution in [2.24, 2.45) is 5.73 Å². The fraction of sp³-hybridized carbons (Fsp3) is 0.800. The minimum absolute atomic E-state index is 0.206. The zero-order valence-electron chi connectivity index (χ0n) is 5.32. The Morgan fingerprint density at radius 1 is 1.70 bits per heavy atom. The summed E-state index contributed by atoms with van der Waals surface area (Å²) in [6.07, 6.45) is -2.19. The summed E-state index contributed by atoms with van der Waals surface area (Å²) >= 11 is 0. The largest absolute Gasteiger partial charge is 0.441 e. The van der Waals surface area contributed by atoms with Crippen LogP contribution in [0.2, 0.25) is 0 Å². The first-order valence-corrected chi connectivity index (χ1v) is 2.92. The Morgan fingerprint density at radius 3 is 2.80 bits per heavy atom. The topological polar surface area (TPSA) is 81.8 Å². The molecule has 1 aliphatic heterocycles. The molecule has 5 nitrogen and oxygen atoms in total. The van der Waals surface area contributed by atoms with E-state index in [-0.39, 0.29) is 13.2 Å². The lowest BCUT2D eigenvalue weighted by Crippen LogP contribution is -2.31. The van der Waals surface area contributed by atoms with E-state index in [9.17, 15) is 4.79 Å². The lowest BCUT2D eigenvalue weighted by molar-refractivity contribution is 0.0373. The number of ether oxygens (including phenoxy) is 2. The molecule has 3 N–H and O–H groups in total. The highest BCUT2D eigenvalue weighted by molar-refractivity contribution is 5.64. The molecule has 0 aromatic heterocycles. The third kappa shape index (κ3) is 1.58. The first-order chi connectivity index (χ1) is 4.70. The summed E-state index contributed by atoms with van der Waals surface area (Å²) in [4.78, 5) is 10.1. The molecule has 0 aromatic carbocycles. The third-order valence-corrected chi connectivity index (χ3v) is 1.27. The lowest BCUT2D eigenvalue weighted by Gasteiger charge is -2.10. The Balaban J connectivity index is 2.33. The first-order valence-electron chi connectivity index (χ1n) is 2.92. The molecule has 58 valence electrons. The van der Waals surface area contributed by atoms with Crippen molar-refractivity contribution in [3.05, 3.63) is 0 Å². The molecule has 0 saturated carbocycles. The van der Waals surface area contributed by atoms with E-state index in [1.807, 2.05) is 0 Å². The van der Waals surface area contributed by atoms with Crippen LogP contribution in [0, 0.1) is 0 Å². The van der Waals surface area contributed by atoms with Gasteiger partial charge in [-0.1, -0.05) is 0 Å². The van der Waals surface area contributed by atoms with Crippen molar-refractivity contribution in [3.63, 3.8) is 0 Å². The average Bonchev–Trinajstić information content (AvgIpc) is 2.15. The number of amides is 1. The minimum atomic E-state index is -0.880. The second-order valence-corrected chi connectivity index (χ2v) is 2.08. The van der Waals surface area contributed by atoms with Crippen molar-refractivity contribution in [2.75, 3.05) is 13.2 Å². The number of primary amides is 1. The van der Waals surface area contributed by atoms with Gasteiger partial charge in [-0.15, -0.1) is 0 Å². The van der Waals surface area contributed by atoms with Crippen molar-refractivity contribution in [3.8, 4) is 0 Å². The molecule has 0 aliphatic carbocycles. The van der Waals surface area contributed by atoms with Crippen LogP contribution in [0.4, 0.5) is 4.79 Å². The number of nitrogens with two attached hydrogens (primary N) is 1. The molecule has 1 aliphatic rings. The summed E-state index contributed by atoms with van der Waals surface area (Å²) in [6, 6.07) is 0. The van der Waals surface area contributed by atoms with E-state index in [4.69, 9.17) is 15.6 Å². The van der Waals surface area contributed by atoms with E-state index in [1.54, 1.807) is 0 Å². The van der Waals surface area contributed by atoms with Crippen LogP contribution >= 0.6 is 0 Å². The maximum atomic E-state index is 10.1. The van der Waals surface area contributed by atoms with E-state index in [2.05, 4.69) is 4.74 Å². The van der Waals surface area contributed by atoms with Gasteiger partial charge in [0.15, 0.2) is 6.10 Å². The van der Waals surface area contributed by atoms with Crippen LogP contribution in [0.15, 0.2) is 0 Å². The molecular formula is C5H9NO4. The van der Waals surface area contributed by atoms with Gasteiger partial charge in [-0.3, -0.25) is 0 Å². The van der Waals surface area contributed by atoms with Gasteiger partial charge in [-0.2, -0.15) is 0 Å². The van der Waals surface area contributed by atoms with E-state index in [0.717, 1.165) is 0 Å². The van der Waals surface area contributed by atoms with Crippen molar-refractivity contribution < 1.29 is 19.4 Å². The van der Waals surface area contributed by atoms with E-state index in [1.165, 1.54) is 0 Å². The van der Waals surface area contributed by atoms with Gasteiger partial charge in [0.25, 0.3) is 0 Å². The molecule has 2 atom stereocenters. The molecule has 1 saturated heterocycles. The lowest BCUT2D eigenvalue weighted by atomic mass is 10.3. The van der Waals surface area contributed by atoms with Gasteiger partial charge in [0, 0.05) is 0 Å². The Hall–Kier alpha value is -0.810. The monoisotopic (exact) mass is 147 g/mol. The Morgan fingerprint density at radius 2 is 2.40 bits per heavy atom. The van der Waals surface area contributed by atoms with Crippen LogP contribution < -0.4 is 5.73 Å². The van der Waals surface area contributed by atoms with Crippen molar-refractivity contribution in [1.82, 2.24) is 0 Å². The molecule has 0 bridgehead atoms. The zero-order valence-corrected chi connectivity index (χ0v) is 5.32. The summed E-state index contributed by atoms with van der Waals surface area (Å²) in [5, 5.41) is 8.98. The van der Waals surface area contributed by atoms with Crippen molar-refractivity contribution in [1.29, 1.82) is 0 Å². The smallest absolute Gasteiger partial charge is 0.404 e. The van der Waals surface area contributed by atoms with Crippen LogP contribution in [0.3, 0.4) is 0 Å². The third-order valence-electron chi connectivity index (χ3n) is 1.27. The molecule has 0 aromatic rings. The Bertz CT molecular complexity index is 138. The van der Waals surface area contributed by atoms with Gasteiger partial charge in [-0.25, -0.2) is 4.79 Å². The molecule has 10 heavy (non-hydrogen) atoms. The van der Waals surface area contributed by atoms with Crippen LogP contribution in [0.25, 0.3) is 0 Å². The zero-order chi connectivity index (χ0) is 7.56. The number of hydrogen-bond donors (Lipinski definition) is 2. The summed E-state index contributed by atoms with van der Waals surface area (Å²) in [6.45, 7) is 0.433. The molecule has 5 heteroatoms. The van der Waals surface area contributed by atoms with Crippen LogP contribution in [-0.2, 0) is 9.47 Å². The van der Waals surface area contributed by atoms with Crippen LogP contribution in [0.1, 0.15) is 0 Å². The molecule has 1 rings (SSSR count). The first kappa shape index (κ1) is 7.30. The summed E-state index contributed by atoms with van der Waals surface area (Å²) < 4.78 is 9.27. The maximum absolute atomic E-state index is 10.1. The van der Waals surface area contributed by atoms with Crippen LogP contribution in [0.5, 0.6) is 0 Å². The predicted octanol–water partition coefficient (Wildman–Crippen LogP) is -1.16. The molecule has 1 amide bonds. The number of rotatable bonds is 1. The number of hydrogen-bond acceptors (Lipinski definition) is 4. The molecular weight excluding hydrogens is 138 g/mol. The van der Waals surface area contributed by atoms with Gasteiger partial charge in [0.05, 0.1) is 13.2 Å². The standard InChI is InChI=1S/C5H9NO4/c6-5(8)10-4-2-9-1-3(4)7/h3-4,7H,1-2H2,(H2,6,8)/t3-,4+/m0/s1. The molecule has 1 heterocycles. The van der Waals surface area contributed by atoms with Gasteiger partial charge in [0.2, 0.25) is 0 Å². The fourth-order valence-corrected chi connectivity index (χ4v) is 0.785. The SMILES string of the molecule is NC(=O)O[C@@H]1COC[C@@H]1O. The van der Waals surface area contributed by atoms with E-state index >= 15 is 0 Å². The number of carbonyl (C=O) groups is 1. The number of aliphatic hydroxyl groups is 1. The molecule has 0 spiro atoms. The van der Waals surface area contributed by atoms with Gasteiger partial charge >= 0.3 is 6.09 Å². The summed E-state index contributed by atoms with van der Waals surface area (Å²) in [5.74, 6) is 0.